The van der Waals surface area contributed by atoms with Crippen molar-refractivity contribution in [3.63, 3.8) is 0 Å². The van der Waals surface area contributed by atoms with E-state index in [1.54, 1.807) is 26.2 Å². The van der Waals surface area contributed by atoms with E-state index in [-0.39, 0.29) is 11.7 Å². The van der Waals surface area contributed by atoms with E-state index in [4.69, 9.17) is 56.5 Å². The molecule has 0 saturated heterocycles. The summed E-state index contributed by atoms with van der Waals surface area (Å²) in [5.41, 5.74) is 0.623. The largest absolute Gasteiger partial charge is 0.497 e. The van der Waals surface area contributed by atoms with Crippen LogP contribution in [0.25, 0.3) is 0 Å². The summed E-state index contributed by atoms with van der Waals surface area (Å²) in [6.45, 7) is 1.83. The monoisotopic (exact) mass is 555 g/mol. The smallest absolute Gasteiger partial charge is 0.408 e. The fourth-order valence-electron chi connectivity index (χ4n) is 1.56. The van der Waals surface area contributed by atoms with E-state index in [9.17, 15) is 4.79 Å². The van der Waals surface area contributed by atoms with Crippen molar-refractivity contribution in [2.24, 2.45) is 0 Å². The normalized spacial score (nSPS) is 12.1. The van der Waals surface area contributed by atoms with Crippen molar-refractivity contribution >= 4 is 95.8 Å². The maximum absolute atomic E-state index is 11.6. The molecule has 1 atom stereocenters. The quantitative estimate of drug-likeness (QED) is 0.270. The molecule has 0 unspecified atom stereocenters. The SMILES string of the molecule is CCOC(=O)N[C@@H](NC(=S)Nc1c(Br)cc(OC)cc1Br)C(Cl)(Cl)Cl. The van der Waals surface area contributed by atoms with Crippen LogP contribution in [-0.2, 0) is 4.74 Å². The van der Waals surface area contributed by atoms with Crippen molar-refractivity contribution in [1.82, 2.24) is 10.6 Å². The lowest BCUT2D eigenvalue weighted by Crippen LogP contribution is -2.56. The first-order valence-corrected chi connectivity index (χ1v) is 9.81. The Hall–Kier alpha value is -0.190. The third-order valence-corrected chi connectivity index (χ3v) is 4.76. The number of anilines is 1. The molecule has 0 heterocycles. The minimum atomic E-state index is -1.87. The van der Waals surface area contributed by atoms with Gasteiger partial charge in [0, 0.05) is 8.95 Å². The number of alkyl halides is 3. The molecule has 1 amide bonds. The molecule has 0 aromatic heterocycles. The number of amides is 1. The van der Waals surface area contributed by atoms with Gasteiger partial charge >= 0.3 is 6.09 Å². The fraction of sp³-hybridized carbons (Fsp3) is 0.385. The van der Waals surface area contributed by atoms with Crippen LogP contribution in [0.4, 0.5) is 10.5 Å². The van der Waals surface area contributed by atoms with Gasteiger partial charge in [-0.15, -0.1) is 0 Å². The minimum absolute atomic E-state index is 0.111. The average Bonchev–Trinajstić information content (AvgIpc) is 2.49. The molecule has 12 heteroatoms. The molecule has 1 aromatic rings. The number of alkyl carbamates (subject to hydrolysis) is 1. The molecule has 1 aromatic carbocycles. The van der Waals surface area contributed by atoms with Crippen LogP contribution >= 0.6 is 78.9 Å². The summed E-state index contributed by atoms with van der Waals surface area (Å²) in [6, 6.07) is 3.50. The minimum Gasteiger partial charge on any atom is -0.497 e. The van der Waals surface area contributed by atoms with Crippen molar-refractivity contribution < 1.29 is 14.3 Å². The zero-order valence-electron chi connectivity index (χ0n) is 13.0. The lowest BCUT2D eigenvalue weighted by molar-refractivity contribution is 0.147. The van der Waals surface area contributed by atoms with Gasteiger partial charge in [0.1, 0.15) is 5.75 Å². The summed E-state index contributed by atoms with van der Waals surface area (Å²) < 4.78 is 9.44. The lowest BCUT2D eigenvalue weighted by atomic mass is 10.3. The Morgan fingerprint density at radius 3 is 2.28 bits per heavy atom. The number of hydrogen-bond donors (Lipinski definition) is 3. The van der Waals surface area contributed by atoms with Gasteiger partial charge in [0.05, 0.1) is 19.4 Å². The third-order valence-electron chi connectivity index (χ3n) is 2.63. The predicted octanol–water partition coefficient (Wildman–Crippen LogP) is 4.95. The second kappa shape index (κ2) is 10.2. The lowest BCUT2D eigenvalue weighted by Gasteiger charge is -2.27. The first-order valence-electron chi connectivity index (χ1n) is 6.69. The maximum Gasteiger partial charge on any atom is 0.408 e. The van der Waals surface area contributed by atoms with Crippen molar-refractivity contribution in [2.45, 2.75) is 16.9 Å². The van der Waals surface area contributed by atoms with Gasteiger partial charge < -0.3 is 20.1 Å². The van der Waals surface area contributed by atoms with E-state index < -0.39 is 16.1 Å². The van der Waals surface area contributed by atoms with Gasteiger partial charge in [-0.1, -0.05) is 34.8 Å². The Morgan fingerprint density at radius 2 is 1.84 bits per heavy atom. The van der Waals surface area contributed by atoms with Gasteiger partial charge in [0.2, 0.25) is 3.79 Å². The van der Waals surface area contributed by atoms with E-state index in [1.807, 2.05) is 0 Å². The molecule has 25 heavy (non-hydrogen) atoms. The summed E-state index contributed by atoms with van der Waals surface area (Å²) >= 11 is 29.6. The molecule has 0 fully saturated rings. The Bertz CT molecular complexity index is 624. The van der Waals surface area contributed by atoms with Gasteiger partial charge in [-0.3, -0.25) is 5.32 Å². The number of hydrogen-bond acceptors (Lipinski definition) is 4. The number of benzene rings is 1. The zero-order valence-corrected chi connectivity index (χ0v) is 19.2. The van der Waals surface area contributed by atoms with Gasteiger partial charge in [-0.05, 0) is 63.1 Å². The highest BCUT2D eigenvalue weighted by Gasteiger charge is 2.35. The number of halogens is 5. The van der Waals surface area contributed by atoms with Crippen LogP contribution < -0.4 is 20.7 Å². The molecule has 140 valence electrons. The molecule has 0 radical (unpaired) electrons. The second-order valence-electron chi connectivity index (χ2n) is 4.40. The topological polar surface area (TPSA) is 71.6 Å². The second-order valence-corrected chi connectivity index (χ2v) is 8.89. The Labute approximate surface area is 182 Å². The van der Waals surface area contributed by atoms with Crippen molar-refractivity contribution in [2.75, 3.05) is 19.0 Å². The first kappa shape index (κ1) is 22.9. The number of rotatable bonds is 5. The highest BCUT2D eigenvalue weighted by Crippen LogP contribution is 2.35. The van der Waals surface area contributed by atoms with Crippen LogP contribution in [0.3, 0.4) is 0 Å². The summed E-state index contributed by atoms with van der Waals surface area (Å²) in [7, 11) is 1.56. The number of carbonyl (C=O) groups excluding carboxylic acids is 1. The molecule has 0 spiro atoms. The van der Waals surface area contributed by atoms with E-state index >= 15 is 0 Å². The molecule has 0 bridgehead atoms. The van der Waals surface area contributed by atoms with Crippen LogP contribution in [0.15, 0.2) is 21.1 Å². The van der Waals surface area contributed by atoms with Crippen LogP contribution in [0.2, 0.25) is 0 Å². The Morgan fingerprint density at radius 1 is 1.28 bits per heavy atom. The average molecular weight is 559 g/mol. The maximum atomic E-state index is 11.6. The van der Waals surface area contributed by atoms with Crippen LogP contribution in [0.1, 0.15) is 6.92 Å². The Balaban J connectivity index is 2.86. The summed E-state index contributed by atoms with van der Waals surface area (Å²) in [4.78, 5) is 11.6. The van der Waals surface area contributed by atoms with Crippen LogP contribution in [-0.4, -0.2) is 34.9 Å². The van der Waals surface area contributed by atoms with Crippen LogP contribution in [0, 0.1) is 0 Å². The molecule has 1 rings (SSSR count). The van der Waals surface area contributed by atoms with Gasteiger partial charge in [0.15, 0.2) is 11.3 Å². The highest BCUT2D eigenvalue weighted by molar-refractivity contribution is 9.11. The standard InChI is InChI=1S/C13H14Br2Cl3N3O3S/c1-3-24-12(22)21-10(13(16,17)18)20-11(25)19-9-7(14)4-6(23-2)5-8(9)15/h4-5,10H,3H2,1-2H3,(H,21,22)(H2,19,20,25)/t10-/m1/s1. The van der Waals surface area contributed by atoms with Crippen LogP contribution in [0.5, 0.6) is 5.75 Å². The fourth-order valence-corrected chi connectivity index (χ4v) is 3.45. The first-order chi connectivity index (χ1) is 11.6. The molecule has 0 saturated carbocycles. The van der Waals surface area contributed by atoms with Crippen molar-refractivity contribution in [3.05, 3.63) is 21.1 Å². The zero-order chi connectivity index (χ0) is 19.2. The Kier molecular flexibility index (Phi) is 9.34. The molecule has 6 nitrogen and oxygen atoms in total. The summed E-state index contributed by atoms with van der Waals surface area (Å²) in [5, 5.41) is 8.15. The van der Waals surface area contributed by atoms with Crippen molar-refractivity contribution in [1.29, 1.82) is 0 Å². The van der Waals surface area contributed by atoms with E-state index in [2.05, 4.69) is 47.8 Å². The number of methoxy groups -OCH3 is 1. The highest BCUT2D eigenvalue weighted by atomic mass is 79.9. The molecular formula is C13H14Br2Cl3N3O3S. The molecule has 3 N–H and O–H groups in total. The molecular weight excluding hydrogens is 544 g/mol. The number of carbonyl (C=O) groups is 1. The summed E-state index contributed by atoms with van der Waals surface area (Å²) in [6.07, 6.45) is -1.87. The molecule has 0 aliphatic heterocycles. The molecule has 0 aliphatic carbocycles. The molecule has 0 aliphatic rings. The van der Waals surface area contributed by atoms with Gasteiger partial charge in [-0.25, -0.2) is 4.79 Å². The van der Waals surface area contributed by atoms with Gasteiger partial charge in [0.25, 0.3) is 0 Å². The van der Waals surface area contributed by atoms with Crippen molar-refractivity contribution in [3.8, 4) is 5.75 Å². The predicted molar refractivity (Wildman–Crippen MR) is 112 cm³/mol. The van der Waals surface area contributed by atoms with Gasteiger partial charge in [-0.2, -0.15) is 0 Å². The van der Waals surface area contributed by atoms with E-state index in [1.165, 1.54) is 0 Å². The van der Waals surface area contributed by atoms with E-state index in [0.29, 0.717) is 20.4 Å². The summed E-state index contributed by atoms with van der Waals surface area (Å²) in [5.74, 6) is 0.645. The third kappa shape index (κ3) is 7.52. The number of thiocarbonyl (C=S) groups is 1. The number of ether oxygens (including phenoxy) is 2. The number of nitrogens with one attached hydrogen (secondary N) is 3. The van der Waals surface area contributed by atoms with E-state index in [0.717, 1.165) is 0 Å².